The molecule has 1 aromatic heterocycles. The number of rotatable bonds is 8. The van der Waals surface area contributed by atoms with E-state index in [2.05, 4.69) is 4.98 Å². The number of nitrogens with one attached hydrogen (secondary N) is 1. The van der Waals surface area contributed by atoms with Crippen LogP contribution < -0.4 is 21.9 Å². The van der Waals surface area contributed by atoms with Crippen LogP contribution >= 0.6 is 0 Å². The molecule has 0 bridgehead atoms. The summed E-state index contributed by atoms with van der Waals surface area (Å²) in [7, 11) is 1.76. The molecule has 0 aliphatic rings. The van der Waals surface area contributed by atoms with Gasteiger partial charge < -0.3 is 15.7 Å². The van der Waals surface area contributed by atoms with Gasteiger partial charge in [-0.2, -0.15) is 0 Å². The van der Waals surface area contributed by atoms with Gasteiger partial charge in [-0.15, -0.1) is 0 Å². The summed E-state index contributed by atoms with van der Waals surface area (Å²) in [5.41, 5.74) is 5.37. The van der Waals surface area contributed by atoms with E-state index in [9.17, 15) is 9.59 Å². The quantitative estimate of drug-likeness (QED) is 0.588. The van der Waals surface area contributed by atoms with E-state index in [0.29, 0.717) is 25.2 Å². The highest BCUT2D eigenvalue weighted by Crippen LogP contribution is 2.15. The molecule has 0 saturated heterocycles. The first-order valence-electron chi connectivity index (χ1n) is 6.97. The Morgan fingerprint density at radius 2 is 2.00 bits per heavy atom. The van der Waals surface area contributed by atoms with Gasteiger partial charge in [0.15, 0.2) is 0 Å². The summed E-state index contributed by atoms with van der Waals surface area (Å²) in [4.78, 5) is 27.7. The molecule has 0 amide bonds. The summed E-state index contributed by atoms with van der Waals surface area (Å²) < 4.78 is 1.41. The monoisotopic (exact) mass is 284 g/mol. The van der Waals surface area contributed by atoms with Crippen molar-refractivity contribution in [1.29, 1.82) is 0 Å². The second-order valence-corrected chi connectivity index (χ2v) is 4.85. The van der Waals surface area contributed by atoms with Gasteiger partial charge in [-0.05, 0) is 19.3 Å². The van der Waals surface area contributed by atoms with Gasteiger partial charge in [-0.1, -0.05) is 13.3 Å². The van der Waals surface area contributed by atoms with E-state index in [-0.39, 0.29) is 12.4 Å². The maximum Gasteiger partial charge on any atom is 0.330 e. The lowest BCUT2D eigenvalue weighted by Gasteiger charge is -2.21. The second-order valence-electron chi connectivity index (χ2n) is 4.85. The Kier molecular flexibility index (Phi) is 6.30. The number of nitrogens with zero attached hydrogens (tertiary/aromatic N) is 2. The molecule has 0 fully saturated rings. The minimum Gasteiger partial charge on any atom is -0.396 e. The van der Waals surface area contributed by atoms with Crippen LogP contribution in [0.25, 0.3) is 0 Å². The largest absolute Gasteiger partial charge is 0.396 e. The highest BCUT2D eigenvalue weighted by molar-refractivity contribution is 5.61. The fraction of sp³-hybridized carbons (Fsp3) is 0.692. The lowest BCUT2D eigenvalue weighted by atomic mass is 10.3. The molecule has 114 valence electrons. The number of aromatic nitrogens is 2. The van der Waals surface area contributed by atoms with Crippen LogP contribution in [0.5, 0.6) is 0 Å². The molecule has 1 heterocycles. The van der Waals surface area contributed by atoms with Crippen molar-refractivity contribution in [2.24, 2.45) is 0 Å². The zero-order valence-corrected chi connectivity index (χ0v) is 12.2. The summed E-state index contributed by atoms with van der Waals surface area (Å²) in [5, 5.41) is 8.78. The Bertz CT molecular complexity index is 535. The molecule has 1 rings (SSSR count). The summed E-state index contributed by atoms with van der Waals surface area (Å²) >= 11 is 0. The average Bonchev–Trinajstić information content (AvgIpc) is 2.38. The van der Waals surface area contributed by atoms with Crippen molar-refractivity contribution in [3.63, 3.8) is 0 Å². The average molecular weight is 284 g/mol. The molecule has 0 unspecified atom stereocenters. The number of aliphatic hydroxyl groups is 1. The summed E-state index contributed by atoms with van der Waals surface area (Å²) in [5.74, 6) is 0.207. The smallest absolute Gasteiger partial charge is 0.330 e. The zero-order chi connectivity index (χ0) is 15.1. The van der Waals surface area contributed by atoms with E-state index >= 15 is 0 Å². The van der Waals surface area contributed by atoms with Crippen molar-refractivity contribution in [3.8, 4) is 0 Å². The fourth-order valence-electron chi connectivity index (χ4n) is 2.06. The van der Waals surface area contributed by atoms with Gasteiger partial charge >= 0.3 is 5.69 Å². The number of hydrogen-bond acceptors (Lipinski definition) is 5. The molecule has 7 heteroatoms. The van der Waals surface area contributed by atoms with Crippen LogP contribution in [0, 0.1) is 0 Å². The number of hydrogen-bond donors (Lipinski definition) is 3. The first-order chi connectivity index (χ1) is 9.52. The first kappa shape index (κ1) is 16.3. The molecule has 0 aromatic carbocycles. The van der Waals surface area contributed by atoms with Crippen molar-refractivity contribution in [2.45, 2.75) is 39.2 Å². The molecule has 0 saturated carbocycles. The van der Waals surface area contributed by atoms with Crippen LogP contribution in [0.4, 0.5) is 11.5 Å². The van der Waals surface area contributed by atoms with Crippen LogP contribution in [0.1, 0.15) is 32.6 Å². The maximum atomic E-state index is 11.9. The van der Waals surface area contributed by atoms with Gasteiger partial charge in [0.25, 0.3) is 5.56 Å². The minimum atomic E-state index is -0.466. The SMILES string of the molecule is CCCCn1c(N)c(N(C)CCCCO)c(=O)[nH]c1=O. The highest BCUT2D eigenvalue weighted by Gasteiger charge is 2.15. The van der Waals surface area contributed by atoms with Crippen molar-refractivity contribution < 1.29 is 5.11 Å². The van der Waals surface area contributed by atoms with E-state index in [4.69, 9.17) is 10.8 Å². The predicted octanol–water partition coefficient (Wildman–Crippen LogP) is 0.128. The van der Waals surface area contributed by atoms with Crippen LogP contribution in [-0.4, -0.2) is 34.9 Å². The lowest BCUT2D eigenvalue weighted by Crippen LogP contribution is -2.37. The second kappa shape index (κ2) is 7.74. The maximum absolute atomic E-state index is 11.9. The van der Waals surface area contributed by atoms with E-state index in [1.165, 1.54) is 4.57 Å². The van der Waals surface area contributed by atoms with Crippen molar-refractivity contribution in [2.75, 3.05) is 30.8 Å². The molecular weight excluding hydrogens is 260 g/mol. The van der Waals surface area contributed by atoms with Gasteiger partial charge in [0.1, 0.15) is 11.5 Å². The third-order valence-electron chi connectivity index (χ3n) is 3.23. The molecule has 0 spiro atoms. The summed E-state index contributed by atoms with van der Waals surface area (Å²) in [6.45, 7) is 3.24. The molecule has 7 nitrogen and oxygen atoms in total. The topological polar surface area (TPSA) is 104 Å². The van der Waals surface area contributed by atoms with E-state index < -0.39 is 11.2 Å². The molecule has 0 aliphatic carbocycles. The van der Waals surface area contributed by atoms with E-state index in [0.717, 1.165) is 19.3 Å². The number of H-pyrrole nitrogens is 1. The Labute approximate surface area is 118 Å². The fourth-order valence-corrected chi connectivity index (χ4v) is 2.06. The molecule has 20 heavy (non-hydrogen) atoms. The van der Waals surface area contributed by atoms with Gasteiger partial charge in [-0.25, -0.2) is 4.79 Å². The number of unbranched alkanes of at least 4 members (excludes halogenated alkanes) is 2. The molecule has 0 radical (unpaired) electrons. The molecule has 0 atom stereocenters. The number of aromatic amines is 1. The standard InChI is InChI=1S/C13H24N4O3/c1-3-4-8-17-11(14)10(12(19)15-13(17)20)16(2)7-5-6-9-18/h18H,3-9,14H2,1-2H3,(H,15,19,20). The van der Waals surface area contributed by atoms with Gasteiger partial charge in [0.05, 0.1) is 0 Å². The van der Waals surface area contributed by atoms with E-state index in [1.54, 1.807) is 11.9 Å². The third-order valence-corrected chi connectivity index (χ3v) is 3.23. The predicted molar refractivity (Wildman–Crippen MR) is 80.2 cm³/mol. The van der Waals surface area contributed by atoms with Crippen molar-refractivity contribution in [3.05, 3.63) is 20.8 Å². The first-order valence-corrected chi connectivity index (χ1v) is 6.97. The number of anilines is 2. The molecule has 4 N–H and O–H groups in total. The van der Waals surface area contributed by atoms with Crippen molar-refractivity contribution in [1.82, 2.24) is 9.55 Å². The van der Waals surface area contributed by atoms with Gasteiger partial charge in [-0.3, -0.25) is 14.3 Å². The minimum absolute atomic E-state index is 0.121. The Balaban J connectivity index is 3.06. The molecule has 0 aliphatic heterocycles. The summed E-state index contributed by atoms with van der Waals surface area (Å²) in [6, 6.07) is 0. The molecule has 1 aromatic rings. The van der Waals surface area contributed by atoms with Gasteiger partial charge in [0.2, 0.25) is 0 Å². The Morgan fingerprint density at radius 3 is 2.60 bits per heavy atom. The van der Waals surface area contributed by atoms with Crippen LogP contribution in [-0.2, 0) is 6.54 Å². The van der Waals surface area contributed by atoms with Crippen LogP contribution in [0.3, 0.4) is 0 Å². The van der Waals surface area contributed by atoms with Crippen molar-refractivity contribution >= 4 is 11.5 Å². The highest BCUT2D eigenvalue weighted by atomic mass is 16.3. The third kappa shape index (κ3) is 3.86. The van der Waals surface area contributed by atoms with Crippen LogP contribution in [0.2, 0.25) is 0 Å². The lowest BCUT2D eigenvalue weighted by molar-refractivity contribution is 0.285. The summed E-state index contributed by atoms with van der Waals surface area (Å²) in [6.07, 6.45) is 3.17. The molecular formula is C13H24N4O3. The Hall–Kier alpha value is -1.76. The normalized spacial score (nSPS) is 10.8. The number of aliphatic hydroxyl groups excluding tert-OH is 1. The van der Waals surface area contributed by atoms with E-state index in [1.807, 2.05) is 6.92 Å². The number of nitrogens with two attached hydrogens (primary N) is 1. The van der Waals surface area contributed by atoms with Crippen LogP contribution in [0.15, 0.2) is 9.59 Å². The number of nitrogen functional groups attached to an aromatic ring is 1. The van der Waals surface area contributed by atoms with Gasteiger partial charge in [0, 0.05) is 26.7 Å². The Morgan fingerprint density at radius 1 is 1.30 bits per heavy atom. The zero-order valence-electron chi connectivity index (χ0n) is 12.2.